The first-order chi connectivity index (χ1) is 9.29. The molecule has 0 saturated carbocycles. The van der Waals surface area contributed by atoms with Crippen molar-refractivity contribution >= 4 is 17.3 Å². The lowest BCUT2D eigenvalue weighted by molar-refractivity contribution is -0.385. The second kappa shape index (κ2) is 7.41. The summed E-state index contributed by atoms with van der Waals surface area (Å²) in [6.45, 7) is -1.20. The number of ether oxygens (including phenoxy) is 1. The van der Waals surface area contributed by atoms with Gasteiger partial charge in [-0.3, -0.25) is 10.1 Å². The number of nitrogens with one attached hydrogen (secondary N) is 1. The highest BCUT2D eigenvalue weighted by Gasteiger charge is 2.27. The van der Waals surface area contributed by atoms with Crippen LogP contribution in [0.2, 0.25) is 5.02 Å². The van der Waals surface area contributed by atoms with Gasteiger partial charge in [-0.25, -0.2) is 0 Å². The summed E-state index contributed by atoms with van der Waals surface area (Å²) in [5.74, 6) is 0. The van der Waals surface area contributed by atoms with Gasteiger partial charge < -0.3 is 10.1 Å². The Morgan fingerprint density at radius 3 is 2.70 bits per heavy atom. The molecule has 0 aliphatic carbocycles. The first kappa shape index (κ1) is 16.7. The molecule has 1 aromatic carbocycles. The third-order valence-corrected chi connectivity index (χ3v) is 2.48. The minimum absolute atomic E-state index is 0.0990. The Morgan fingerprint density at radius 2 is 2.10 bits per heavy atom. The molecule has 0 saturated heterocycles. The molecule has 1 N–H and O–H groups in total. The summed E-state index contributed by atoms with van der Waals surface area (Å²) in [4.78, 5) is 10.2. The molecule has 0 radical (unpaired) electrons. The minimum atomic E-state index is -4.36. The number of hydrogen-bond acceptors (Lipinski definition) is 4. The third-order valence-electron chi connectivity index (χ3n) is 2.24. The van der Waals surface area contributed by atoms with Gasteiger partial charge in [0.25, 0.3) is 5.69 Å². The van der Waals surface area contributed by atoms with E-state index in [1.54, 1.807) is 0 Å². The highest BCUT2D eigenvalue weighted by molar-refractivity contribution is 6.30. The van der Waals surface area contributed by atoms with E-state index in [0.29, 0.717) is 10.6 Å². The van der Waals surface area contributed by atoms with Crippen molar-refractivity contribution in [1.82, 2.24) is 5.32 Å². The number of hydrogen-bond donors (Lipinski definition) is 1. The topological polar surface area (TPSA) is 64.4 Å². The van der Waals surface area contributed by atoms with E-state index in [-0.39, 0.29) is 25.4 Å². The van der Waals surface area contributed by atoms with E-state index in [9.17, 15) is 23.3 Å². The first-order valence-corrected chi connectivity index (χ1v) is 5.95. The standard InChI is InChI=1S/C11H12ClF3N2O3/c12-9-1-2-10(17(18)19)8(5-9)6-16-3-4-20-7-11(13,14)15/h1-2,5,16H,3-4,6-7H2. The molecule has 0 amide bonds. The van der Waals surface area contributed by atoms with Crippen LogP contribution in [0.3, 0.4) is 0 Å². The molecule has 0 spiro atoms. The summed E-state index contributed by atoms with van der Waals surface area (Å²) >= 11 is 5.73. The fourth-order valence-electron chi connectivity index (χ4n) is 1.43. The third kappa shape index (κ3) is 6.18. The second-order valence-electron chi connectivity index (χ2n) is 3.87. The Labute approximate surface area is 117 Å². The second-order valence-corrected chi connectivity index (χ2v) is 4.31. The van der Waals surface area contributed by atoms with Crippen LogP contribution in [0.1, 0.15) is 5.56 Å². The van der Waals surface area contributed by atoms with Crippen LogP contribution >= 0.6 is 11.6 Å². The Morgan fingerprint density at radius 1 is 1.40 bits per heavy atom. The van der Waals surface area contributed by atoms with Crippen LogP contribution in [-0.4, -0.2) is 30.9 Å². The van der Waals surface area contributed by atoms with Gasteiger partial charge in [0, 0.05) is 29.7 Å². The van der Waals surface area contributed by atoms with E-state index in [1.807, 2.05) is 0 Å². The summed E-state index contributed by atoms with van der Waals surface area (Å²) < 4.78 is 39.7. The van der Waals surface area contributed by atoms with Crippen LogP contribution in [0, 0.1) is 10.1 Å². The Hall–Kier alpha value is -1.38. The van der Waals surface area contributed by atoms with Gasteiger partial charge in [-0.15, -0.1) is 0 Å². The van der Waals surface area contributed by atoms with Gasteiger partial charge in [0.1, 0.15) is 6.61 Å². The van der Waals surface area contributed by atoms with Crippen molar-refractivity contribution in [2.75, 3.05) is 19.8 Å². The number of rotatable bonds is 7. The molecule has 1 rings (SSSR count). The highest BCUT2D eigenvalue weighted by Crippen LogP contribution is 2.22. The molecule has 0 aromatic heterocycles. The van der Waals surface area contributed by atoms with Gasteiger partial charge in [0.05, 0.1) is 11.5 Å². The smallest absolute Gasteiger partial charge is 0.371 e. The SMILES string of the molecule is O=[N+]([O-])c1ccc(Cl)cc1CNCCOCC(F)(F)F. The van der Waals surface area contributed by atoms with Crippen molar-refractivity contribution in [2.24, 2.45) is 0 Å². The van der Waals surface area contributed by atoms with Crippen molar-refractivity contribution in [3.63, 3.8) is 0 Å². The molecule has 5 nitrogen and oxygen atoms in total. The number of alkyl halides is 3. The fourth-order valence-corrected chi connectivity index (χ4v) is 1.62. The average molecular weight is 313 g/mol. The molecule has 0 aliphatic heterocycles. The number of halogens is 4. The van der Waals surface area contributed by atoms with Gasteiger partial charge in [0.2, 0.25) is 0 Å². The predicted octanol–water partition coefficient (Wildman–Crippen LogP) is 2.92. The monoisotopic (exact) mass is 312 g/mol. The van der Waals surface area contributed by atoms with Gasteiger partial charge in [0.15, 0.2) is 0 Å². The molecule has 112 valence electrons. The van der Waals surface area contributed by atoms with Gasteiger partial charge in [-0.1, -0.05) is 11.6 Å². The van der Waals surface area contributed by atoms with Crippen LogP contribution in [0.15, 0.2) is 18.2 Å². The summed E-state index contributed by atoms with van der Waals surface area (Å²) in [6.07, 6.45) is -4.36. The first-order valence-electron chi connectivity index (χ1n) is 5.57. The molecule has 0 aliphatic rings. The Balaban J connectivity index is 2.38. The number of benzene rings is 1. The Kier molecular flexibility index (Phi) is 6.18. The number of nitrogens with zero attached hydrogens (tertiary/aromatic N) is 1. The summed E-state index contributed by atoms with van der Waals surface area (Å²) in [5, 5.41) is 13.9. The lowest BCUT2D eigenvalue weighted by Crippen LogP contribution is -2.23. The van der Waals surface area contributed by atoms with Crippen molar-refractivity contribution < 1.29 is 22.8 Å². The largest absolute Gasteiger partial charge is 0.411 e. The van der Waals surface area contributed by atoms with Crippen molar-refractivity contribution in [3.05, 3.63) is 38.9 Å². The zero-order valence-electron chi connectivity index (χ0n) is 10.2. The van der Waals surface area contributed by atoms with E-state index in [0.717, 1.165) is 0 Å². The van der Waals surface area contributed by atoms with E-state index >= 15 is 0 Å². The maximum Gasteiger partial charge on any atom is 0.411 e. The summed E-state index contributed by atoms with van der Waals surface area (Å²) in [6, 6.07) is 4.11. The molecule has 1 aromatic rings. The molecular weight excluding hydrogens is 301 g/mol. The van der Waals surface area contributed by atoms with Crippen molar-refractivity contribution in [1.29, 1.82) is 0 Å². The molecule has 0 fully saturated rings. The van der Waals surface area contributed by atoms with Crippen molar-refractivity contribution in [3.8, 4) is 0 Å². The molecule has 0 heterocycles. The quantitative estimate of drug-likeness (QED) is 0.477. The van der Waals surface area contributed by atoms with Gasteiger partial charge >= 0.3 is 6.18 Å². The van der Waals surface area contributed by atoms with E-state index in [2.05, 4.69) is 10.1 Å². The van der Waals surface area contributed by atoms with Crippen LogP contribution in [-0.2, 0) is 11.3 Å². The van der Waals surface area contributed by atoms with Crippen LogP contribution in [0.4, 0.5) is 18.9 Å². The fraction of sp³-hybridized carbons (Fsp3) is 0.455. The van der Waals surface area contributed by atoms with Crippen molar-refractivity contribution in [2.45, 2.75) is 12.7 Å². The van der Waals surface area contributed by atoms with Crippen LogP contribution in [0.25, 0.3) is 0 Å². The lowest BCUT2D eigenvalue weighted by atomic mass is 10.2. The highest BCUT2D eigenvalue weighted by atomic mass is 35.5. The maximum atomic E-state index is 11.8. The van der Waals surface area contributed by atoms with E-state index < -0.39 is 17.7 Å². The van der Waals surface area contributed by atoms with Gasteiger partial charge in [-0.2, -0.15) is 13.2 Å². The molecule has 0 unspecified atom stereocenters. The zero-order valence-corrected chi connectivity index (χ0v) is 11.0. The molecule has 20 heavy (non-hydrogen) atoms. The molecule has 0 bridgehead atoms. The Bertz CT molecular complexity index is 469. The minimum Gasteiger partial charge on any atom is -0.371 e. The summed E-state index contributed by atoms with van der Waals surface area (Å²) in [7, 11) is 0. The number of nitro benzene ring substituents is 1. The molecular formula is C11H12ClF3N2O3. The summed E-state index contributed by atoms with van der Waals surface area (Å²) in [5.41, 5.74) is 0.261. The predicted molar refractivity (Wildman–Crippen MR) is 66.7 cm³/mol. The zero-order chi connectivity index (χ0) is 15.2. The van der Waals surface area contributed by atoms with E-state index in [4.69, 9.17) is 11.6 Å². The lowest BCUT2D eigenvalue weighted by Gasteiger charge is -2.09. The normalized spacial score (nSPS) is 11.6. The van der Waals surface area contributed by atoms with Crippen LogP contribution in [0.5, 0.6) is 0 Å². The molecule has 0 atom stereocenters. The number of nitro groups is 1. The van der Waals surface area contributed by atoms with E-state index in [1.165, 1.54) is 18.2 Å². The van der Waals surface area contributed by atoms with Crippen LogP contribution < -0.4 is 5.32 Å². The average Bonchev–Trinajstić information content (AvgIpc) is 2.32. The van der Waals surface area contributed by atoms with Gasteiger partial charge in [-0.05, 0) is 12.1 Å². The maximum absolute atomic E-state index is 11.8. The molecule has 9 heteroatoms.